The molecule has 0 saturated carbocycles. The second-order valence-corrected chi connectivity index (χ2v) is 4.91. The lowest BCUT2D eigenvalue weighted by Crippen LogP contribution is -2.28. The average molecular weight is 271 g/mol. The molecular formula is C12H18FN3OS. The van der Waals surface area contributed by atoms with Crippen LogP contribution in [-0.4, -0.2) is 29.1 Å². The molecule has 0 spiro atoms. The number of hydrogen-bond acceptors (Lipinski definition) is 4. The van der Waals surface area contributed by atoms with Gasteiger partial charge >= 0.3 is 0 Å². The quantitative estimate of drug-likeness (QED) is 0.319. The van der Waals surface area contributed by atoms with Crippen molar-refractivity contribution in [1.82, 2.24) is 5.32 Å². The van der Waals surface area contributed by atoms with Crippen molar-refractivity contribution in [3.8, 4) is 0 Å². The second kappa shape index (κ2) is 7.23. The molecule has 0 amide bonds. The average Bonchev–Trinajstić information content (AvgIpc) is 2.37. The molecule has 0 aliphatic rings. The van der Waals surface area contributed by atoms with Crippen molar-refractivity contribution in [2.24, 2.45) is 10.9 Å². The zero-order chi connectivity index (χ0) is 13.5. The predicted octanol–water partition coefficient (Wildman–Crippen LogP) is 1.76. The number of rotatable bonds is 6. The molecule has 1 unspecified atom stereocenters. The van der Waals surface area contributed by atoms with Crippen molar-refractivity contribution in [2.75, 3.05) is 12.0 Å². The van der Waals surface area contributed by atoms with E-state index in [2.05, 4.69) is 10.5 Å². The molecule has 1 atom stereocenters. The van der Waals surface area contributed by atoms with Crippen molar-refractivity contribution in [3.63, 3.8) is 0 Å². The van der Waals surface area contributed by atoms with Gasteiger partial charge in [0.25, 0.3) is 0 Å². The Morgan fingerprint density at radius 1 is 1.61 bits per heavy atom. The first-order valence-corrected chi connectivity index (χ1v) is 6.97. The summed E-state index contributed by atoms with van der Waals surface area (Å²) in [4.78, 5) is 0. The van der Waals surface area contributed by atoms with Gasteiger partial charge in [-0.1, -0.05) is 17.3 Å². The summed E-state index contributed by atoms with van der Waals surface area (Å²) in [6, 6.07) is 5.15. The Labute approximate surface area is 110 Å². The minimum atomic E-state index is -0.448. The summed E-state index contributed by atoms with van der Waals surface area (Å²) in [6.45, 7) is 2.46. The predicted molar refractivity (Wildman–Crippen MR) is 73.6 cm³/mol. The van der Waals surface area contributed by atoms with Gasteiger partial charge in [0.2, 0.25) is 0 Å². The third kappa shape index (κ3) is 3.89. The van der Waals surface area contributed by atoms with Crippen LogP contribution in [-0.2, 0) is 6.54 Å². The minimum Gasteiger partial charge on any atom is -0.409 e. The summed E-state index contributed by atoms with van der Waals surface area (Å²) in [5, 5.41) is 14.6. The number of halogens is 1. The number of nitrogens with zero attached hydrogens (tertiary/aromatic N) is 1. The lowest BCUT2D eigenvalue weighted by Gasteiger charge is -2.13. The van der Waals surface area contributed by atoms with Crippen LogP contribution in [0.3, 0.4) is 0 Å². The van der Waals surface area contributed by atoms with E-state index in [1.54, 1.807) is 23.9 Å². The van der Waals surface area contributed by atoms with Gasteiger partial charge in [0, 0.05) is 23.9 Å². The lowest BCUT2D eigenvalue weighted by molar-refractivity contribution is 0.318. The fourth-order valence-electron chi connectivity index (χ4n) is 1.56. The Balaban J connectivity index is 2.78. The van der Waals surface area contributed by atoms with Crippen LogP contribution in [0.2, 0.25) is 0 Å². The van der Waals surface area contributed by atoms with Crippen LogP contribution < -0.4 is 11.1 Å². The number of benzene rings is 1. The van der Waals surface area contributed by atoms with Crippen LogP contribution in [0.5, 0.6) is 0 Å². The van der Waals surface area contributed by atoms with E-state index < -0.39 is 5.82 Å². The fourth-order valence-corrected chi connectivity index (χ4v) is 2.18. The molecule has 1 rings (SSSR count). The molecule has 1 aromatic carbocycles. The largest absolute Gasteiger partial charge is 0.409 e. The standard InChI is InChI=1S/C12H18FN3OS/c1-8(7-18-2)15-6-9-4-3-5-10(11(9)13)12(14)16-17/h3-5,8,15,17H,6-7H2,1-2H3,(H2,14,16). The van der Waals surface area contributed by atoms with Gasteiger partial charge < -0.3 is 16.3 Å². The maximum atomic E-state index is 14.0. The van der Waals surface area contributed by atoms with Gasteiger partial charge in [-0.25, -0.2) is 4.39 Å². The molecule has 6 heteroatoms. The van der Waals surface area contributed by atoms with Crippen LogP contribution in [0.25, 0.3) is 0 Å². The minimum absolute atomic E-state index is 0.120. The van der Waals surface area contributed by atoms with E-state index in [9.17, 15) is 4.39 Å². The van der Waals surface area contributed by atoms with Crippen LogP contribution >= 0.6 is 11.8 Å². The van der Waals surface area contributed by atoms with Gasteiger partial charge in [0.1, 0.15) is 5.82 Å². The molecule has 1 aromatic rings. The third-order valence-corrected chi connectivity index (χ3v) is 3.35. The van der Waals surface area contributed by atoms with Crippen molar-refractivity contribution in [3.05, 3.63) is 35.1 Å². The van der Waals surface area contributed by atoms with Gasteiger partial charge in [-0.2, -0.15) is 11.8 Å². The molecule has 18 heavy (non-hydrogen) atoms. The number of nitrogens with two attached hydrogens (primary N) is 1. The Bertz CT molecular complexity index is 426. The molecule has 0 bridgehead atoms. The number of oxime groups is 1. The first kappa shape index (κ1) is 14.8. The monoisotopic (exact) mass is 271 g/mol. The third-order valence-electron chi connectivity index (χ3n) is 2.52. The zero-order valence-electron chi connectivity index (χ0n) is 10.5. The molecule has 0 radical (unpaired) electrons. The smallest absolute Gasteiger partial charge is 0.173 e. The number of hydrogen-bond donors (Lipinski definition) is 3. The van der Waals surface area contributed by atoms with E-state index in [4.69, 9.17) is 10.9 Å². The van der Waals surface area contributed by atoms with Gasteiger partial charge in [0.05, 0.1) is 5.56 Å². The molecule has 0 aliphatic heterocycles. The number of amidine groups is 1. The van der Waals surface area contributed by atoms with Gasteiger partial charge in [0.15, 0.2) is 5.84 Å². The molecule has 4 N–H and O–H groups in total. The molecule has 0 fully saturated rings. The Hall–Kier alpha value is -1.27. The van der Waals surface area contributed by atoms with E-state index in [0.29, 0.717) is 18.2 Å². The van der Waals surface area contributed by atoms with E-state index in [1.807, 2.05) is 13.2 Å². The molecule has 100 valence electrons. The SMILES string of the molecule is CSCC(C)NCc1cccc(/C(N)=N/O)c1F. The van der Waals surface area contributed by atoms with Crippen molar-refractivity contribution in [2.45, 2.75) is 19.5 Å². The molecule has 0 saturated heterocycles. The fraction of sp³-hybridized carbons (Fsp3) is 0.417. The van der Waals surface area contributed by atoms with E-state index in [-0.39, 0.29) is 11.4 Å². The maximum Gasteiger partial charge on any atom is 0.173 e. The van der Waals surface area contributed by atoms with Gasteiger partial charge in [-0.15, -0.1) is 0 Å². The summed E-state index contributed by atoms with van der Waals surface area (Å²) in [5.74, 6) is 0.296. The first-order chi connectivity index (χ1) is 8.60. The van der Waals surface area contributed by atoms with Crippen LogP contribution in [0, 0.1) is 5.82 Å². The molecule has 0 aliphatic carbocycles. The highest BCUT2D eigenvalue weighted by molar-refractivity contribution is 7.98. The van der Waals surface area contributed by atoms with Crippen LogP contribution in [0.1, 0.15) is 18.1 Å². The summed E-state index contributed by atoms with van der Waals surface area (Å²) in [7, 11) is 0. The molecule has 0 aromatic heterocycles. The van der Waals surface area contributed by atoms with Gasteiger partial charge in [-0.05, 0) is 19.2 Å². The first-order valence-electron chi connectivity index (χ1n) is 5.57. The molecular weight excluding hydrogens is 253 g/mol. The normalized spacial score (nSPS) is 13.6. The van der Waals surface area contributed by atoms with Crippen LogP contribution in [0.4, 0.5) is 4.39 Å². The number of thioether (sulfide) groups is 1. The van der Waals surface area contributed by atoms with Crippen molar-refractivity contribution in [1.29, 1.82) is 0 Å². The lowest BCUT2D eigenvalue weighted by atomic mass is 10.1. The van der Waals surface area contributed by atoms with Gasteiger partial charge in [-0.3, -0.25) is 0 Å². The van der Waals surface area contributed by atoms with E-state index >= 15 is 0 Å². The topological polar surface area (TPSA) is 70.6 Å². The molecule has 0 heterocycles. The number of nitrogens with one attached hydrogen (secondary N) is 1. The van der Waals surface area contributed by atoms with Crippen LogP contribution in [0.15, 0.2) is 23.4 Å². The highest BCUT2D eigenvalue weighted by Crippen LogP contribution is 2.13. The Kier molecular flexibility index (Phi) is 5.94. The van der Waals surface area contributed by atoms with Crippen molar-refractivity contribution < 1.29 is 9.60 Å². The zero-order valence-corrected chi connectivity index (χ0v) is 11.3. The summed E-state index contributed by atoms with van der Waals surface area (Å²) in [6.07, 6.45) is 2.03. The second-order valence-electron chi connectivity index (χ2n) is 4.00. The maximum absolute atomic E-state index is 14.0. The summed E-state index contributed by atoms with van der Waals surface area (Å²) >= 11 is 1.73. The Morgan fingerprint density at radius 3 is 2.94 bits per heavy atom. The summed E-state index contributed by atoms with van der Waals surface area (Å²) in [5.41, 5.74) is 6.03. The highest BCUT2D eigenvalue weighted by Gasteiger charge is 2.11. The van der Waals surface area contributed by atoms with Crippen molar-refractivity contribution >= 4 is 17.6 Å². The highest BCUT2D eigenvalue weighted by atomic mass is 32.2. The summed E-state index contributed by atoms with van der Waals surface area (Å²) < 4.78 is 14.0. The Morgan fingerprint density at radius 2 is 2.33 bits per heavy atom. The molecule has 4 nitrogen and oxygen atoms in total. The van der Waals surface area contributed by atoms with E-state index in [0.717, 1.165) is 5.75 Å². The van der Waals surface area contributed by atoms with E-state index in [1.165, 1.54) is 6.07 Å².